The van der Waals surface area contributed by atoms with Gasteiger partial charge in [0.2, 0.25) is 17.1 Å². The minimum atomic E-state index is -0.487. The van der Waals surface area contributed by atoms with Gasteiger partial charge in [0, 0.05) is 0 Å². The van der Waals surface area contributed by atoms with Crippen molar-refractivity contribution in [2.45, 2.75) is 25.0 Å². The molecule has 2 aromatic heterocycles. The number of carbonyl (C=O) groups excluding carboxylic acids is 1. The van der Waals surface area contributed by atoms with Gasteiger partial charge in [-0.05, 0) is 18.5 Å². The average Bonchev–Trinajstić information content (AvgIpc) is 2.84. The predicted molar refractivity (Wildman–Crippen MR) is 73.0 cm³/mol. The monoisotopic (exact) mass is 312 g/mol. The Morgan fingerprint density at radius 2 is 2.38 bits per heavy atom. The third-order valence-corrected chi connectivity index (χ3v) is 3.19. The molecular weight excluding hydrogens is 298 g/mol. The van der Waals surface area contributed by atoms with E-state index in [4.69, 9.17) is 4.52 Å². The van der Waals surface area contributed by atoms with Crippen molar-refractivity contribution in [3.8, 4) is 5.88 Å². The van der Waals surface area contributed by atoms with Gasteiger partial charge in [-0.2, -0.15) is 4.98 Å². The van der Waals surface area contributed by atoms with Gasteiger partial charge in [-0.3, -0.25) is 19.4 Å². The average molecular weight is 312 g/mol. The van der Waals surface area contributed by atoms with Crippen molar-refractivity contribution >= 4 is 23.6 Å². The highest BCUT2D eigenvalue weighted by molar-refractivity contribution is 7.99. The molecule has 0 atom stereocenters. The molecule has 112 valence electrons. The Balaban J connectivity index is 1.91. The third kappa shape index (κ3) is 4.31. The second kappa shape index (κ2) is 6.39. The number of hydrogen-bond donors (Lipinski definition) is 3. The van der Waals surface area contributed by atoms with Crippen molar-refractivity contribution in [3.63, 3.8) is 0 Å². The molecule has 3 N–H and O–H groups in total. The van der Waals surface area contributed by atoms with Gasteiger partial charge in [-0.15, -0.1) is 0 Å². The van der Waals surface area contributed by atoms with E-state index in [0.29, 0.717) is 0 Å². The molecule has 0 saturated heterocycles. The van der Waals surface area contributed by atoms with Crippen molar-refractivity contribution in [1.29, 1.82) is 0 Å². The van der Waals surface area contributed by atoms with Crippen LogP contribution in [0.15, 0.2) is 26.7 Å². The second-order valence-corrected chi connectivity index (χ2v) is 5.35. The summed E-state index contributed by atoms with van der Waals surface area (Å²) in [6.45, 7) is 3.85. The summed E-state index contributed by atoms with van der Waals surface area (Å²) in [5.74, 6) is -0.519. The van der Waals surface area contributed by atoms with Crippen LogP contribution < -0.4 is 15.6 Å². The molecule has 0 aliphatic carbocycles. The van der Waals surface area contributed by atoms with E-state index >= 15 is 0 Å². The summed E-state index contributed by atoms with van der Waals surface area (Å²) < 4.78 is 6.51. The molecule has 2 aromatic rings. The maximum Gasteiger partial charge on any atom is 0.302 e. The molecule has 0 fully saturated rings. The Morgan fingerprint density at radius 1 is 1.62 bits per heavy atom. The van der Waals surface area contributed by atoms with E-state index in [-0.39, 0.29) is 28.7 Å². The number of aromatic nitrogens is 4. The number of carbonyl (C=O) groups is 1. The molecule has 0 unspecified atom stereocenters. The van der Waals surface area contributed by atoms with Crippen LogP contribution in [0.4, 0.5) is 5.88 Å². The first-order chi connectivity index (χ1) is 9.94. The van der Waals surface area contributed by atoms with Gasteiger partial charge in [-0.1, -0.05) is 11.8 Å². The molecule has 0 saturated carbocycles. The van der Waals surface area contributed by atoms with Crippen LogP contribution in [0, 0.1) is 0 Å². The minimum absolute atomic E-state index is 0.00519. The topological polar surface area (TPSA) is 125 Å². The first kappa shape index (κ1) is 15.0. The van der Waals surface area contributed by atoms with Crippen molar-refractivity contribution in [2.75, 3.05) is 11.1 Å². The van der Waals surface area contributed by atoms with E-state index in [1.165, 1.54) is 0 Å². The molecule has 0 aliphatic rings. The van der Waals surface area contributed by atoms with Crippen molar-refractivity contribution in [3.05, 3.63) is 22.6 Å². The number of aromatic amines is 1. The number of amides is 1. The zero-order valence-corrected chi connectivity index (χ0v) is 12.2. The Kier molecular flexibility index (Phi) is 4.58. The summed E-state index contributed by atoms with van der Waals surface area (Å²) in [6, 6.07) is 1.07. The molecule has 0 aromatic carbocycles. The van der Waals surface area contributed by atoms with Crippen molar-refractivity contribution < 1.29 is 19.1 Å². The van der Waals surface area contributed by atoms with Gasteiger partial charge in [0.15, 0.2) is 11.2 Å². The zero-order valence-electron chi connectivity index (χ0n) is 11.4. The number of nitrogens with zero attached hydrogens (tertiary/aromatic N) is 3. The second-order valence-electron chi connectivity index (χ2n) is 4.39. The number of rotatable bonds is 5. The van der Waals surface area contributed by atoms with Gasteiger partial charge in [0.1, 0.15) is 0 Å². The first-order valence-corrected chi connectivity index (χ1v) is 7.03. The van der Waals surface area contributed by atoms with Gasteiger partial charge in [0.05, 0.1) is 11.8 Å². The van der Waals surface area contributed by atoms with Crippen LogP contribution in [0.2, 0.25) is 0 Å². The van der Waals surface area contributed by atoms with Crippen molar-refractivity contribution in [1.82, 2.24) is 15.2 Å². The summed E-state index contributed by atoms with van der Waals surface area (Å²) in [5.41, 5.74) is -0.487. The molecule has 10 heteroatoms. The van der Waals surface area contributed by atoms with E-state index in [1.54, 1.807) is 10.9 Å². The number of aromatic hydroxyl groups is 1. The molecule has 1 amide bonds. The Bertz CT molecular complexity index is 696. The van der Waals surface area contributed by atoms with Crippen molar-refractivity contribution in [2.24, 2.45) is 0 Å². The van der Waals surface area contributed by atoms with Crippen LogP contribution in [0.5, 0.6) is 5.88 Å². The molecule has 0 radical (unpaired) electrons. The normalized spacial score (nSPS) is 10.8. The lowest BCUT2D eigenvalue weighted by Gasteiger charge is -2.00. The molecule has 21 heavy (non-hydrogen) atoms. The SMILES string of the molecule is CC(C)[n+]1cc(NC(=O)CSc2nc(O)cc(=O)[nH]2)on1. The van der Waals surface area contributed by atoms with Crippen LogP contribution in [-0.4, -0.2) is 32.0 Å². The third-order valence-electron chi connectivity index (χ3n) is 2.32. The lowest BCUT2D eigenvalue weighted by Crippen LogP contribution is -2.36. The van der Waals surface area contributed by atoms with E-state index < -0.39 is 11.4 Å². The fraction of sp³-hybridized carbons (Fsp3) is 0.364. The highest BCUT2D eigenvalue weighted by Gasteiger charge is 2.17. The van der Waals surface area contributed by atoms with Crippen LogP contribution in [0.3, 0.4) is 0 Å². The largest absolute Gasteiger partial charge is 0.493 e. The summed E-state index contributed by atoms with van der Waals surface area (Å²) in [5, 5.41) is 15.6. The fourth-order valence-corrected chi connectivity index (χ4v) is 2.03. The summed E-state index contributed by atoms with van der Waals surface area (Å²) in [7, 11) is 0. The lowest BCUT2D eigenvalue weighted by molar-refractivity contribution is -0.779. The summed E-state index contributed by atoms with van der Waals surface area (Å²) in [4.78, 5) is 28.9. The lowest BCUT2D eigenvalue weighted by atomic mass is 10.4. The maximum atomic E-state index is 11.7. The summed E-state index contributed by atoms with van der Waals surface area (Å²) >= 11 is 0.982. The molecule has 0 bridgehead atoms. The van der Waals surface area contributed by atoms with Gasteiger partial charge >= 0.3 is 5.88 Å². The minimum Gasteiger partial charge on any atom is -0.493 e. The fourth-order valence-electron chi connectivity index (χ4n) is 1.36. The molecule has 0 aliphatic heterocycles. The number of hydrogen-bond acceptors (Lipinski definition) is 7. The smallest absolute Gasteiger partial charge is 0.302 e. The number of anilines is 1. The van der Waals surface area contributed by atoms with Crippen LogP contribution in [0.25, 0.3) is 0 Å². The Labute approximate surface area is 123 Å². The predicted octanol–water partition coefficient (Wildman–Crippen LogP) is 0.0627. The molecular formula is C11H14N5O4S+. The Hall–Kier alpha value is -2.36. The van der Waals surface area contributed by atoms with Crippen LogP contribution in [0.1, 0.15) is 19.9 Å². The molecule has 0 spiro atoms. The maximum absolute atomic E-state index is 11.7. The number of thioether (sulfide) groups is 1. The first-order valence-electron chi connectivity index (χ1n) is 6.05. The van der Waals surface area contributed by atoms with Gasteiger partial charge in [-0.25, -0.2) is 0 Å². The van der Waals surface area contributed by atoms with Crippen LogP contribution in [-0.2, 0) is 4.79 Å². The van der Waals surface area contributed by atoms with E-state index in [9.17, 15) is 14.7 Å². The molecule has 2 heterocycles. The zero-order chi connectivity index (χ0) is 15.4. The highest BCUT2D eigenvalue weighted by atomic mass is 32.2. The van der Waals surface area contributed by atoms with Crippen LogP contribution >= 0.6 is 11.8 Å². The standard InChI is InChI=1S/C11H13N5O4S/c1-6(2)16-4-10(20-15-16)12-9(19)5-21-11-13-7(17)3-8(18)14-11/h3-4,6H,5H2,1-2H3,(H2-,12,13,14,15,17,18,19)/p+1. The quantitative estimate of drug-likeness (QED) is 0.405. The van der Waals surface area contributed by atoms with E-state index in [1.807, 2.05) is 13.8 Å². The highest BCUT2D eigenvalue weighted by Crippen LogP contribution is 2.13. The van der Waals surface area contributed by atoms with E-state index in [0.717, 1.165) is 17.8 Å². The van der Waals surface area contributed by atoms with E-state index in [2.05, 4.69) is 20.6 Å². The van der Waals surface area contributed by atoms with Gasteiger partial charge in [0.25, 0.3) is 11.8 Å². The Morgan fingerprint density at radius 3 is 3.00 bits per heavy atom. The van der Waals surface area contributed by atoms with Gasteiger partial charge < -0.3 is 10.1 Å². The number of H-pyrrole nitrogens is 1. The molecule has 2 rings (SSSR count). The molecule has 9 nitrogen and oxygen atoms in total. The number of nitrogens with one attached hydrogen (secondary N) is 2. The summed E-state index contributed by atoms with van der Waals surface area (Å²) in [6.07, 6.45) is 1.57.